The lowest BCUT2D eigenvalue weighted by atomic mass is 10.1. The standard InChI is InChI=1S/C14H15N3OS/c1-3-17(4-2)10-6-5-9-7-12-13(16-14(15)19-12)18-11(9)8-10/h5-8,15H,3-4H2,1-2H3/p+1. The molecule has 0 spiro atoms. The van der Waals surface area contributed by atoms with Gasteiger partial charge in [-0.05, 0) is 26.0 Å². The summed E-state index contributed by atoms with van der Waals surface area (Å²) in [6.45, 7) is 6.26. The second-order valence-corrected chi connectivity index (χ2v) is 5.42. The Morgan fingerprint density at radius 3 is 2.79 bits per heavy atom. The van der Waals surface area contributed by atoms with Gasteiger partial charge in [-0.1, -0.05) is 11.3 Å². The Bertz CT molecular complexity index is 766. The van der Waals surface area contributed by atoms with Crippen molar-refractivity contribution in [3.63, 3.8) is 0 Å². The average Bonchev–Trinajstić information content (AvgIpc) is 2.76. The molecule has 3 rings (SSSR count). The zero-order valence-electron chi connectivity index (χ0n) is 11.0. The fraction of sp³-hybridized carbons (Fsp3) is 0.286. The number of thiazole rings is 1. The molecule has 0 saturated carbocycles. The number of nitrogen functional groups attached to an aromatic ring is 1. The van der Waals surface area contributed by atoms with Crippen LogP contribution in [-0.2, 0) is 0 Å². The Labute approximate surface area is 115 Å². The summed E-state index contributed by atoms with van der Waals surface area (Å²) in [5, 5.41) is 1.71. The highest BCUT2D eigenvalue weighted by molar-refractivity contribution is 7.21. The number of rotatable bonds is 2. The van der Waals surface area contributed by atoms with Crippen LogP contribution in [0.25, 0.3) is 21.7 Å². The van der Waals surface area contributed by atoms with Crippen LogP contribution in [0.3, 0.4) is 0 Å². The van der Waals surface area contributed by atoms with E-state index in [9.17, 15) is 0 Å². The predicted octanol–water partition coefficient (Wildman–Crippen LogP) is 2.39. The van der Waals surface area contributed by atoms with Gasteiger partial charge in [-0.2, -0.15) is 4.98 Å². The number of aromatic nitrogens is 1. The van der Waals surface area contributed by atoms with E-state index in [0.29, 0.717) is 10.8 Å². The van der Waals surface area contributed by atoms with Crippen LogP contribution in [0.2, 0.25) is 0 Å². The summed E-state index contributed by atoms with van der Waals surface area (Å²) in [6.07, 6.45) is 0. The van der Waals surface area contributed by atoms with Gasteiger partial charge < -0.3 is 10.2 Å². The smallest absolute Gasteiger partial charge is 0.239 e. The van der Waals surface area contributed by atoms with E-state index in [-0.39, 0.29) is 0 Å². The molecule has 2 heterocycles. The zero-order valence-corrected chi connectivity index (χ0v) is 11.8. The maximum absolute atomic E-state index is 5.84. The molecule has 0 bridgehead atoms. The third kappa shape index (κ3) is 2.10. The monoisotopic (exact) mass is 274 g/mol. The van der Waals surface area contributed by atoms with E-state index in [1.807, 2.05) is 0 Å². The van der Waals surface area contributed by atoms with E-state index in [4.69, 9.17) is 10.2 Å². The summed E-state index contributed by atoms with van der Waals surface area (Å²) < 4.78 is 9.11. The second kappa shape index (κ2) is 4.66. The largest absolute Gasteiger partial charge is 0.437 e. The molecule has 0 saturated heterocycles. The Morgan fingerprint density at radius 1 is 1.26 bits per heavy atom. The maximum Gasteiger partial charge on any atom is 0.239 e. The van der Waals surface area contributed by atoms with Crippen molar-refractivity contribution >= 4 is 26.9 Å². The van der Waals surface area contributed by atoms with Crippen LogP contribution in [0.5, 0.6) is 0 Å². The van der Waals surface area contributed by atoms with Crippen LogP contribution in [0.1, 0.15) is 13.8 Å². The maximum atomic E-state index is 5.84. The zero-order chi connectivity index (χ0) is 13.4. The topological polar surface area (TPSA) is 55.1 Å². The fourth-order valence-electron chi connectivity index (χ4n) is 2.26. The lowest BCUT2D eigenvalue weighted by Gasteiger charge is -2.03. The number of fused-ring (bicyclic) bond motifs is 2. The van der Waals surface area contributed by atoms with E-state index < -0.39 is 0 Å². The molecule has 0 unspecified atom stereocenters. The minimum atomic E-state index is 0.540. The van der Waals surface area contributed by atoms with Crippen molar-refractivity contribution in [3.05, 3.63) is 29.6 Å². The van der Waals surface area contributed by atoms with E-state index >= 15 is 0 Å². The molecule has 5 heteroatoms. The van der Waals surface area contributed by atoms with Gasteiger partial charge in [0.05, 0.1) is 10.8 Å². The number of nitrogens with two attached hydrogens (primary N) is 1. The summed E-state index contributed by atoms with van der Waals surface area (Å²) in [5.41, 5.74) is 7.41. The van der Waals surface area contributed by atoms with Gasteiger partial charge >= 0.3 is 0 Å². The van der Waals surface area contributed by atoms with Gasteiger partial charge in [-0.25, -0.2) is 4.58 Å². The number of nitrogens with zero attached hydrogens (tertiary/aromatic N) is 2. The Balaban J connectivity index is 2.31. The van der Waals surface area contributed by atoms with Gasteiger partial charge in [0.15, 0.2) is 5.13 Å². The Morgan fingerprint density at radius 2 is 2.05 bits per heavy atom. The number of hydrogen-bond acceptors (Lipinski definition) is 4. The highest BCUT2D eigenvalue weighted by Crippen LogP contribution is 2.31. The molecule has 1 aliphatic carbocycles. The van der Waals surface area contributed by atoms with Gasteiger partial charge in [0.25, 0.3) is 0 Å². The number of anilines is 1. The molecule has 0 atom stereocenters. The van der Waals surface area contributed by atoms with Gasteiger partial charge in [0.1, 0.15) is 18.8 Å². The third-order valence-corrected chi connectivity index (χ3v) is 4.07. The van der Waals surface area contributed by atoms with Crippen LogP contribution < -0.4 is 15.7 Å². The average molecular weight is 274 g/mol. The van der Waals surface area contributed by atoms with Crippen LogP contribution >= 0.6 is 11.3 Å². The molecule has 2 aliphatic rings. The molecule has 0 aromatic carbocycles. The summed E-state index contributed by atoms with van der Waals surface area (Å²) in [7, 11) is 0. The molecule has 0 radical (unpaired) electrons. The predicted molar refractivity (Wildman–Crippen MR) is 79.3 cm³/mol. The van der Waals surface area contributed by atoms with E-state index in [1.54, 1.807) is 0 Å². The number of benzene rings is 1. The minimum absolute atomic E-state index is 0.540. The fourth-order valence-corrected chi connectivity index (χ4v) is 2.97. The Hall–Kier alpha value is -1.88. The van der Waals surface area contributed by atoms with E-state index in [1.165, 1.54) is 16.7 Å². The van der Waals surface area contributed by atoms with Crippen molar-refractivity contribution in [1.29, 1.82) is 0 Å². The van der Waals surface area contributed by atoms with E-state index in [2.05, 4.69) is 47.7 Å². The van der Waals surface area contributed by atoms with Crippen LogP contribution in [-0.4, -0.2) is 18.1 Å². The third-order valence-electron chi connectivity index (χ3n) is 3.26. The van der Waals surface area contributed by atoms with Crippen LogP contribution in [0, 0.1) is 0 Å². The normalized spacial score (nSPS) is 11.3. The Kier molecular flexibility index (Phi) is 2.98. The SMILES string of the molecule is CC[N+](CC)=c1ccc2cc3sc(N)nc3oc-2c1. The first-order valence-electron chi connectivity index (χ1n) is 6.39. The van der Waals surface area contributed by atoms with E-state index in [0.717, 1.165) is 29.1 Å². The minimum Gasteiger partial charge on any atom is -0.437 e. The molecule has 1 aromatic heterocycles. The molecule has 98 valence electrons. The van der Waals surface area contributed by atoms with Crippen molar-refractivity contribution in [1.82, 2.24) is 9.56 Å². The second-order valence-electron chi connectivity index (χ2n) is 4.36. The highest BCUT2D eigenvalue weighted by Gasteiger charge is 2.12. The van der Waals surface area contributed by atoms with Crippen molar-refractivity contribution in [3.8, 4) is 11.3 Å². The van der Waals surface area contributed by atoms with Gasteiger partial charge in [0.2, 0.25) is 11.1 Å². The molecule has 19 heavy (non-hydrogen) atoms. The molecule has 4 nitrogen and oxygen atoms in total. The first-order valence-corrected chi connectivity index (χ1v) is 7.20. The lowest BCUT2D eigenvalue weighted by Crippen LogP contribution is -2.29. The van der Waals surface area contributed by atoms with Crippen molar-refractivity contribution in [2.75, 3.05) is 18.8 Å². The van der Waals surface area contributed by atoms with Gasteiger partial charge in [-0.15, -0.1) is 0 Å². The summed E-state index contributed by atoms with van der Waals surface area (Å²) in [4.78, 5) is 4.19. The van der Waals surface area contributed by atoms with Gasteiger partial charge in [0, 0.05) is 11.6 Å². The quantitative estimate of drug-likeness (QED) is 0.730. The summed E-state index contributed by atoms with van der Waals surface area (Å²) in [6, 6.07) is 8.36. The van der Waals surface area contributed by atoms with Gasteiger partial charge in [-0.3, -0.25) is 0 Å². The molecular formula is C14H16N3OS+. The first-order chi connectivity index (χ1) is 9.21. The van der Waals surface area contributed by atoms with Crippen LogP contribution in [0.4, 0.5) is 5.13 Å². The number of hydrogen-bond donors (Lipinski definition) is 1. The van der Waals surface area contributed by atoms with Crippen molar-refractivity contribution < 1.29 is 4.42 Å². The highest BCUT2D eigenvalue weighted by atomic mass is 32.1. The molecular weight excluding hydrogens is 258 g/mol. The molecule has 0 amide bonds. The van der Waals surface area contributed by atoms with Crippen molar-refractivity contribution in [2.45, 2.75) is 13.8 Å². The summed E-state index contributed by atoms with van der Waals surface area (Å²) >= 11 is 1.45. The molecule has 1 aromatic rings. The summed E-state index contributed by atoms with van der Waals surface area (Å²) in [5.74, 6) is 0.849. The molecule has 1 aliphatic heterocycles. The molecule has 2 N–H and O–H groups in total. The molecule has 0 fully saturated rings. The van der Waals surface area contributed by atoms with Crippen molar-refractivity contribution in [2.24, 2.45) is 0 Å². The lowest BCUT2D eigenvalue weighted by molar-refractivity contribution is 0.597. The van der Waals surface area contributed by atoms with Crippen LogP contribution in [0.15, 0.2) is 28.7 Å². The first kappa shape index (κ1) is 12.2.